The second kappa shape index (κ2) is 6.32. The number of carbonyl (C=O) groups excluding carboxylic acids is 1. The van der Waals surface area contributed by atoms with Crippen molar-refractivity contribution in [3.05, 3.63) is 53.6 Å². The minimum absolute atomic E-state index is 0.123. The summed E-state index contributed by atoms with van der Waals surface area (Å²) in [4.78, 5) is 24.0. The molecular formula is C15H13NO4S. The summed E-state index contributed by atoms with van der Waals surface area (Å²) < 4.78 is 4.73. The normalized spacial score (nSPS) is 10.1. The number of carboxylic acid groups (broad SMARTS) is 1. The van der Waals surface area contributed by atoms with E-state index in [2.05, 4.69) is 0 Å². The fourth-order valence-corrected chi connectivity index (χ4v) is 2.68. The van der Waals surface area contributed by atoms with E-state index in [9.17, 15) is 9.59 Å². The standard InChI is InChI=1S/C15H13NO4S/c1-20-15(19)10-4-2-3-5-12(10)21-13-7-6-9(14(17)18)8-11(13)16/h2-8H,16H2,1H3,(H,17,18). The first-order valence-corrected chi connectivity index (χ1v) is 6.82. The van der Waals surface area contributed by atoms with Gasteiger partial charge in [0.15, 0.2) is 0 Å². The van der Waals surface area contributed by atoms with Gasteiger partial charge in [-0.3, -0.25) is 0 Å². The molecule has 2 aromatic rings. The van der Waals surface area contributed by atoms with Crippen LogP contribution < -0.4 is 5.73 Å². The van der Waals surface area contributed by atoms with Gasteiger partial charge in [-0.25, -0.2) is 9.59 Å². The SMILES string of the molecule is COC(=O)c1ccccc1Sc1ccc(C(=O)O)cc1N. The van der Waals surface area contributed by atoms with Crippen molar-refractivity contribution in [1.82, 2.24) is 0 Å². The van der Waals surface area contributed by atoms with Crippen molar-refractivity contribution in [2.45, 2.75) is 9.79 Å². The van der Waals surface area contributed by atoms with Crippen LogP contribution in [0.5, 0.6) is 0 Å². The molecule has 0 unspecified atom stereocenters. The number of hydrogen-bond acceptors (Lipinski definition) is 5. The Balaban J connectivity index is 2.35. The summed E-state index contributed by atoms with van der Waals surface area (Å²) in [6, 6.07) is 11.5. The van der Waals surface area contributed by atoms with Gasteiger partial charge in [-0.2, -0.15) is 0 Å². The fraction of sp³-hybridized carbons (Fsp3) is 0.0667. The van der Waals surface area contributed by atoms with E-state index in [4.69, 9.17) is 15.6 Å². The largest absolute Gasteiger partial charge is 0.478 e. The molecule has 21 heavy (non-hydrogen) atoms. The van der Waals surface area contributed by atoms with E-state index in [1.54, 1.807) is 30.3 Å². The molecule has 2 rings (SSSR count). The Bertz CT molecular complexity index is 700. The monoisotopic (exact) mass is 303 g/mol. The molecule has 0 bridgehead atoms. The van der Waals surface area contributed by atoms with Crippen molar-refractivity contribution in [3.8, 4) is 0 Å². The number of carboxylic acids is 1. The Labute approximate surface area is 125 Å². The van der Waals surface area contributed by atoms with Crippen molar-refractivity contribution in [1.29, 1.82) is 0 Å². The minimum atomic E-state index is -1.03. The molecule has 5 nitrogen and oxygen atoms in total. The Morgan fingerprint density at radius 1 is 1.14 bits per heavy atom. The number of esters is 1. The molecule has 0 aromatic heterocycles. The molecule has 0 spiro atoms. The van der Waals surface area contributed by atoms with Crippen LogP contribution in [-0.2, 0) is 4.74 Å². The predicted octanol–water partition coefficient (Wildman–Crippen LogP) is 2.90. The number of rotatable bonds is 4. The second-order valence-corrected chi connectivity index (χ2v) is 5.23. The van der Waals surface area contributed by atoms with Gasteiger partial charge in [-0.05, 0) is 30.3 Å². The number of anilines is 1. The number of nitrogen functional groups attached to an aromatic ring is 1. The lowest BCUT2D eigenvalue weighted by Crippen LogP contribution is -2.03. The number of ether oxygens (including phenoxy) is 1. The molecule has 0 saturated carbocycles. The zero-order chi connectivity index (χ0) is 15.4. The summed E-state index contributed by atoms with van der Waals surface area (Å²) >= 11 is 1.29. The van der Waals surface area contributed by atoms with E-state index >= 15 is 0 Å². The Morgan fingerprint density at radius 3 is 2.48 bits per heavy atom. The van der Waals surface area contributed by atoms with Gasteiger partial charge in [0.05, 0.1) is 18.2 Å². The minimum Gasteiger partial charge on any atom is -0.478 e. The van der Waals surface area contributed by atoms with E-state index in [1.165, 1.54) is 31.0 Å². The van der Waals surface area contributed by atoms with Gasteiger partial charge in [-0.15, -0.1) is 0 Å². The number of aromatic carboxylic acids is 1. The first-order valence-electron chi connectivity index (χ1n) is 6.01. The molecule has 0 atom stereocenters. The van der Waals surface area contributed by atoms with E-state index in [0.717, 1.165) is 0 Å². The predicted molar refractivity (Wildman–Crippen MR) is 79.7 cm³/mol. The highest BCUT2D eigenvalue weighted by atomic mass is 32.2. The van der Waals surface area contributed by atoms with Gasteiger partial charge in [0, 0.05) is 15.5 Å². The van der Waals surface area contributed by atoms with Crippen molar-refractivity contribution in [3.63, 3.8) is 0 Å². The van der Waals surface area contributed by atoms with Crippen molar-refractivity contribution < 1.29 is 19.4 Å². The highest BCUT2D eigenvalue weighted by molar-refractivity contribution is 7.99. The number of carbonyl (C=O) groups is 2. The van der Waals surface area contributed by atoms with Crippen LogP contribution in [0.1, 0.15) is 20.7 Å². The average Bonchev–Trinajstić information content (AvgIpc) is 2.49. The highest BCUT2D eigenvalue weighted by Gasteiger charge is 2.14. The van der Waals surface area contributed by atoms with Gasteiger partial charge in [-0.1, -0.05) is 23.9 Å². The van der Waals surface area contributed by atoms with Crippen LogP contribution >= 0.6 is 11.8 Å². The molecule has 6 heteroatoms. The van der Waals surface area contributed by atoms with Gasteiger partial charge < -0.3 is 15.6 Å². The van der Waals surface area contributed by atoms with E-state index in [-0.39, 0.29) is 5.56 Å². The summed E-state index contributed by atoms with van der Waals surface area (Å²) in [7, 11) is 1.32. The van der Waals surface area contributed by atoms with Crippen molar-refractivity contribution in [2.75, 3.05) is 12.8 Å². The number of benzene rings is 2. The maximum Gasteiger partial charge on any atom is 0.339 e. The van der Waals surface area contributed by atoms with Gasteiger partial charge in [0.1, 0.15) is 0 Å². The maximum atomic E-state index is 11.7. The number of methoxy groups -OCH3 is 1. The van der Waals surface area contributed by atoms with Gasteiger partial charge >= 0.3 is 11.9 Å². The third kappa shape index (κ3) is 3.35. The topological polar surface area (TPSA) is 89.6 Å². The molecule has 0 radical (unpaired) electrons. The number of nitrogens with two attached hydrogens (primary N) is 1. The van der Waals surface area contributed by atoms with Crippen LogP contribution in [0.25, 0.3) is 0 Å². The summed E-state index contributed by atoms with van der Waals surface area (Å²) in [5, 5.41) is 8.92. The summed E-state index contributed by atoms with van der Waals surface area (Å²) in [6.07, 6.45) is 0. The van der Waals surface area contributed by atoms with Crippen molar-refractivity contribution in [2.24, 2.45) is 0 Å². The highest BCUT2D eigenvalue weighted by Crippen LogP contribution is 2.34. The Hall–Kier alpha value is -2.47. The van der Waals surface area contributed by atoms with Gasteiger partial charge in [0.2, 0.25) is 0 Å². The summed E-state index contributed by atoms with van der Waals surface area (Å²) in [6.45, 7) is 0. The quantitative estimate of drug-likeness (QED) is 0.667. The molecule has 0 amide bonds. The zero-order valence-electron chi connectivity index (χ0n) is 11.2. The third-order valence-electron chi connectivity index (χ3n) is 2.77. The molecule has 0 saturated heterocycles. The lowest BCUT2D eigenvalue weighted by Gasteiger charge is -2.09. The van der Waals surface area contributed by atoms with Crippen LogP contribution in [0.15, 0.2) is 52.3 Å². The summed E-state index contributed by atoms with van der Waals surface area (Å²) in [5.41, 5.74) is 6.77. The molecular weight excluding hydrogens is 290 g/mol. The number of hydrogen-bond donors (Lipinski definition) is 2. The molecule has 2 aromatic carbocycles. The average molecular weight is 303 g/mol. The van der Waals surface area contributed by atoms with Crippen LogP contribution in [0.3, 0.4) is 0 Å². The molecule has 0 fully saturated rings. The molecule has 0 heterocycles. The molecule has 0 aliphatic heterocycles. The Kier molecular flexibility index (Phi) is 4.49. The fourth-order valence-electron chi connectivity index (χ4n) is 1.73. The first-order chi connectivity index (χ1) is 10.0. The van der Waals surface area contributed by atoms with Crippen LogP contribution in [0, 0.1) is 0 Å². The van der Waals surface area contributed by atoms with Crippen molar-refractivity contribution >= 4 is 29.4 Å². The maximum absolute atomic E-state index is 11.7. The van der Waals surface area contributed by atoms with Crippen LogP contribution in [-0.4, -0.2) is 24.2 Å². The molecule has 108 valence electrons. The smallest absolute Gasteiger partial charge is 0.339 e. The zero-order valence-corrected chi connectivity index (χ0v) is 12.0. The lowest BCUT2D eigenvalue weighted by molar-refractivity contribution is 0.0596. The Morgan fingerprint density at radius 2 is 1.86 bits per heavy atom. The van der Waals surface area contributed by atoms with Crippen LogP contribution in [0.4, 0.5) is 5.69 Å². The molecule has 0 aliphatic carbocycles. The van der Waals surface area contributed by atoms with Crippen LogP contribution in [0.2, 0.25) is 0 Å². The summed E-state index contributed by atoms with van der Waals surface area (Å²) in [5.74, 6) is -1.47. The van der Waals surface area contributed by atoms with Gasteiger partial charge in [0.25, 0.3) is 0 Å². The third-order valence-corrected chi connectivity index (χ3v) is 3.94. The van der Waals surface area contributed by atoms with E-state index < -0.39 is 11.9 Å². The van der Waals surface area contributed by atoms with E-state index in [0.29, 0.717) is 21.0 Å². The van der Waals surface area contributed by atoms with E-state index in [1.807, 2.05) is 0 Å². The second-order valence-electron chi connectivity index (χ2n) is 4.15. The molecule has 3 N–H and O–H groups in total. The lowest BCUT2D eigenvalue weighted by atomic mass is 10.2. The molecule has 0 aliphatic rings. The first kappa shape index (κ1) is 14.9.